The highest BCUT2D eigenvalue weighted by atomic mass is 16.3. The van der Waals surface area contributed by atoms with Gasteiger partial charge in [-0.2, -0.15) is 0 Å². The van der Waals surface area contributed by atoms with Gasteiger partial charge < -0.3 is 10.4 Å². The van der Waals surface area contributed by atoms with E-state index in [1.54, 1.807) is 0 Å². The first-order chi connectivity index (χ1) is 8.65. The molecule has 3 heteroatoms. The third-order valence-corrected chi connectivity index (χ3v) is 3.63. The molecule has 3 nitrogen and oxygen atoms in total. The van der Waals surface area contributed by atoms with Crippen LogP contribution in [0.4, 0.5) is 0 Å². The molecule has 0 heterocycles. The SMILES string of the molecule is Cc1cccc(CC(=O)NCC2CCCC2O)c1. The fourth-order valence-corrected chi connectivity index (χ4v) is 2.57. The smallest absolute Gasteiger partial charge is 0.224 e. The van der Waals surface area contributed by atoms with Gasteiger partial charge in [0.2, 0.25) is 5.91 Å². The molecule has 1 aromatic rings. The van der Waals surface area contributed by atoms with E-state index in [9.17, 15) is 9.90 Å². The van der Waals surface area contributed by atoms with Crippen LogP contribution in [0.5, 0.6) is 0 Å². The number of aliphatic hydroxyl groups excluding tert-OH is 1. The summed E-state index contributed by atoms with van der Waals surface area (Å²) in [7, 11) is 0. The van der Waals surface area contributed by atoms with Crippen LogP contribution in [-0.2, 0) is 11.2 Å². The molecule has 2 unspecified atom stereocenters. The van der Waals surface area contributed by atoms with Crippen LogP contribution in [-0.4, -0.2) is 23.7 Å². The molecule has 0 radical (unpaired) electrons. The van der Waals surface area contributed by atoms with E-state index < -0.39 is 0 Å². The molecule has 1 amide bonds. The van der Waals surface area contributed by atoms with Crippen LogP contribution >= 0.6 is 0 Å². The first-order valence-corrected chi connectivity index (χ1v) is 6.65. The lowest BCUT2D eigenvalue weighted by Gasteiger charge is -2.15. The summed E-state index contributed by atoms with van der Waals surface area (Å²) in [5.74, 6) is 0.283. The Bertz CT molecular complexity index is 417. The van der Waals surface area contributed by atoms with Gasteiger partial charge >= 0.3 is 0 Å². The highest BCUT2D eigenvalue weighted by Gasteiger charge is 2.25. The van der Waals surface area contributed by atoms with Crippen LogP contribution in [0.15, 0.2) is 24.3 Å². The van der Waals surface area contributed by atoms with E-state index in [0.717, 1.165) is 24.8 Å². The summed E-state index contributed by atoms with van der Waals surface area (Å²) in [4.78, 5) is 11.8. The third kappa shape index (κ3) is 3.57. The highest BCUT2D eigenvalue weighted by molar-refractivity contribution is 5.78. The standard InChI is InChI=1S/C15H21NO2/c1-11-4-2-5-12(8-11)9-15(18)16-10-13-6-3-7-14(13)17/h2,4-5,8,13-14,17H,3,6-7,9-10H2,1H3,(H,16,18). The second-order valence-electron chi connectivity index (χ2n) is 5.23. The van der Waals surface area contributed by atoms with E-state index in [4.69, 9.17) is 0 Å². The molecule has 1 aromatic carbocycles. The molecule has 1 aliphatic rings. The normalized spacial score (nSPS) is 23.0. The number of benzene rings is 1. The number of carbonyl (C=O) groups excluding carboxylic acids is 1. The summed E-state index contributed by atoms with van der Waals surface area (Å²) in [5, 5.41) is 12.6. The van der Waals surface area contributed by atoms with Gasteiger partial charge in [0.15, 0.2) is 0 Å². The zero-order valence-corrected chi connectivity index (χ0v) is 10.9. The van der Waals surface area contributed by atoms with Gasteiger partial charge in [-0.3, -0.25) is 4.79 Å². The number of amides is 1. The molecule has 0 saturated heterocycles. The average Bonchev–Trinajstić information content (AvgIpc) is 2.72. The second kappa shape index (κ2) is 6.01. The lowest BCUT2D eigenvalue weighted by Crippen LogP contribution is -2.33. The highest BCUT2D eigenvalue weighted by Crippen LogP contribution is 2.24. The van der Waals surface area contributed by atoms with E-state index in [-0.39, 0.29) is 17.9 Å². The van der Waals surface area contributed by atoms with E-state index in [1.165, 1.54) is 5.56 Å². The molecule has 0 spiro atoms. The van der Waals surface area contributed by atoms with Crippen LogP contribution in [0.3, 0.4) is 0 Å². The van der Waals surface area contributed by atoms with Gasteiger partial charge in [0.05, 0.1) is 12.5 Å². The Morgan fingerprint density at radius 2 is 2.28 bits per heavy atom. The molecule has 18 heavy (non-hydrogen) atoms. The first kappa shape index (κ1) is 13.1. The minimum Gasteiger partial charge on any atom is -0.393 e. The maximum atomic E-state index is 11.8. The van der Waals surface area contributed by atoms with Crippen LogP contribution in [0.2, 0.25) is 0 Å². The Morgan fingerprint density at radius 3 is 2.94 bits per heavy atom. The Labute approximate surface area is 108 Å². The molecule has 98 valence electrons. The number of hydrogen-bond acceptors (Lipinski definition) is 2. The van der Waals surface area contributed by atoms with E-state index in [0.29, 0.717) is 13.0 Å². The van der Waals surface area contributed by atoms with E-state index in [2.05, 4.69) is 5.32 Å². The zero-order valence-electron chi connectivity index (χ0n) is 10.9. The predicted molar refractivity (Wildman–Crippen MR) is 71.2 cm³/mol. The molecule has 1 aliphatic carbocycles. The van der Waals surface area contributed by atoms with Crippen molar-refractivity contribution in [3.05, 3.63) is 35.4 Å². The Kier molecular flexibility index (Phi) is 4.37. The van der Waals surface area contributed by atoms with Crippen molar-refractivity contribution in [2.75, 3.05) is 6.54 Å². The van der Waals surface area contributed by atoms with Gasteiger partial charge in [0.1, 0.15) is 0 Å². The molecule has 2 rings (SSSR count). The predicted octanol–water partition coefficient (Wildman–Crippen LogP) is 1.81. The molecule has 1 fully saturated rings. The Balaban J connectivity index is 1.78. The monoisotopic (exact) mass is 247 g/mol. The Morgan fingerprint density at radius 1 is 1.44 bits per heavy atom. The van der Waals surface area contributed by atoms with Gasteiger partial charge in [-0.05, 0) is 25.3 Å². The van der Waals surface area contributed by atoms with Crippen molar-refractivity contribution in [2.45, 2.75) is 38.7 Å². The quantitative estimate of drug-likeness (QED) is 0.852. The maximum absolute atomic E-state index is 11.8. The number of aliphatic hydroxyl groups is 1. The van der Waals surface area contributed by atoms with Crippen molar-refractivity contribution in [3.63, 3.8) is 0 Å². The largest absolute Gasteiger partial charge is 0.393 e. The summed E-state index contributed by atoms with van der Waals surface area (Å²) in [6, 6.07) is 8.00. The summed E-state index contributed by atoms with van der Waals surface area (Å²) < 4.78 is 0. The van der Waals surface area contributed by atoms with Crippen LogP contribution < -0.4 is 5.32 Å². The maximum Gasteiger partial charge on any atom is 0.224 e. The average molecular weight is 247 g/mol. The molecule has 1 saturated carbocycles. The van der Waals surface area contributed by atoms with Crippen LogP contribution in [0, 0.1) is 12.8 Å². The van der Waals surface area contributed by atoms with Crippen molar-refractivity contribution in [1.29, 1.82) is 0 Å². The first-order valence-electron chi connectivity index (χ1n) is 6.65. The van der Waals surface area contributed by atoms with Crippen molar-refractivity contribution in [3.8, 4) is 0 Å². The van der Waals surface area contributed by atoms with Gasteiger partial charge in [-0.25, -0.2) is 0 Å². The topological polar surface area (TPSA) is 49.3 Å². The van der Waals surface area contributed by atoms with Crippen LogP contribution in [0.25, 0.3) is 0 Å². The summed E-state index contributed by atoms with van der Waals surface area (Å²) in [5.41, 5.74) is 2.21. The molecular weight excluding hydrogens is 226 g/mol. The number of carbonyl (C=O) groups is 1. The third-order valence-electron chi connectivity index (χ3n) is 3.63. The summed E-state index contributed by atoms with van der Waals surface area (Å²) >= 11 is 0. The lowest BCUT2D eigenvalue weighted by molar-refractivity contribution is -0.120. The molecule has 2 N–H and O–H groups in total. The minimum absolute atomic E-state index is 0.0414. The summed E-state index contributed by atoms with van der Waals surface area (Å²) in [6.45, 7) is 2.63. The molecule has 0 aliphatic heterocycles. The number of aryl methyl sites for hydroxylation is 1. The summed E-state index contributed by atoms with van der Waals surface area (Å²) in [6.07, 6.45) is 3.15. The van der Waals surface area contributed by atoms with Crippen molar-refractivity contribution >= 4 is 5.91 Å². The van der Waals surface area contributed by atoms with Gasteiger partial charge in [-0.1, -0.05) is 36.2 Å². The van der Waals surface area contributed by atoms with Gasteiger partial charge in [-0.15, -0.1) is 0 Å². The lowest BCUT2D eigenvalue weighted by atomic mass is 10.1. The molecular formula is C15H21NO2. The zero-order chi connectivity index (χ0) is 13.0. The van der Waals surface area contributed by atoms with Crippen LogP contribution in [0.1, 0.15) is 30.4 Å². The second-order valence-corrected chi connectivity index (χ2v) is 5.23. The molecule has 0 aromatic heterocycles. The van der Waals surface area contributed by atoms with Gasteiger partial charge in [0.25, 0.3) is 0 Å². The molecule has 2 atom stereocenters. The minimum atomic E-state index is -0.232. The van der Waals surface area contributed by atoms with E-state index >= 15 is 0 Å². The fourth-order valence-electron chi connectivity index (χ4n) is 2.57. The van der Waals surface area contributed by atoms with Gasteiger partial charge in [0, 0.05) is 12.5 Å². The van der Waals surface area contributed by atoms with Crippen molar-refractivity contribution in [1.82, 2.24) is 5.32 Å². The van der Waals surface area contributed by atoms with Crippen molar-refractivity contribution in [2.24, 2.45) is 5.92 Å². The molecule has 0 bridgehead atoms. The number of hydrogen-bond donors (Lipinski definition) is 2. The number of nitrogens with one attached hydrogen (secondary N) is 1. The Hall–Kier alpha value is -1.35. The van der Waals surface area contributed by atoms with E-state index in [1.807, 2.05) is 31.2 Å². The number of rotatable bonds is 4. The van der Waals surface area contributed by atoms with Crippen molar-refractivity contribution < 1.29 is 9.90 Å². The fraction of sp³-hybridized carbons (Fsp3) is 0.533.